The van der Waals surface area contributed by atoms with Crippen LogP contribution in [0.5, 0.6) is 0 Å². The average molecular weight is 184 g/mol. The fraction of sp³-hybridized carbons (Fsp3) is 0.900. The Bertz CT molecular complexity index is 205. The second kappa shape index (κ2) is 3.66. The summed E-state index contributed by atoms with van der Waals surface area (Å²) < 4.78 is 0. The highest BCUT2D eigenvalue weighted by Crippen LogP contribution is 2.27. The van der Waals surface area contributed by atoms with E-state index in [0.717, 1.165) is 13.0 Å². The number of carbonyl (C=O) groups is 1. The third kappa shape index (κ3) is 1.70. The fourth-order valence-corrected chi connectivity index (χ4v) is 2.01. The Kier molecular flexibility index (Phi) is 2.96. The van der Waals surface area contributed by atoms with Gasteiger partial charge in [-0.3, -0.25) is 9.69 Å². The van der Waals surface area contributed by atoms with Gasteiger partial charge in [-0.25, -0.2) is 0 Å². The second-order valence-electron chi connectivity index (χ2n) is 4.02. The van der Waals surface area contributed by atoms with Crippen LogP contribution >= 0.6 is 0 Å². The van der Waals surface area contributed by atoms with Gasteiger partial charge in [0.05, 0.1) is 12.2 Å². The van der Waals surface area contributed by atoms with Gasteiger partial charge in [0.2, 0.25) is 5.91 Å². The van der Waals surface area contributed by atoms with Crippen molar-refractivity contribution in [3.05, 3.63) is 0 Å². The molecule has 0 radical (unpaired) electrons. The summed E-state index contributed by atoms with van der Waals surface area (Å²) in [5, 5.41) is 3.07. The second-order valence-corrected chi connectivity index (χ2v) is 4.02. The smallest absolute Gasteiger partial charge is 0.235 e. The Morgan fingerprint density at radius 2 is 2.23 bits per heavy atom. The van der Waals surface area contributed by atoms with E-state index in [9.17, 15) is 4.79 Å². The molecule has 1 aliphatic rings. The zero-order chi connectivity index (χ0) is 10.1. The predicted octanol–water partition coefficient (Wildman–Crippen LogP) is 1.20. The number of likely N-dealkylation sites (N-methyl/N-ethyl adjacent to an activating group) is 1. The van der Waals surface area contributed by atoms with Crippen LogP contribution in [-0.2, 0) is 4.79 Å². The van der Waals surface area contributed by atoms with Crippen molar-refractivity contribution in [2.75, 3.05) is 13.1 Å². The summed E-state index contributed by atoms with van der Waals surface area (Å²) in [6.07, 6.45) is 1.09. The molecule has 3 heteroatoms. The zero-order valence-electron chi connectivity index (χ0n) is 9.05. The zero-order valence-corrected chi connectivity index (χ0v) is 9.05. The maximum atomic E-state index is 11.3. The Morgan fingerprint density at radius 3 is 2.69 bits per heavy atom. The third-order valence-electron chi connectivity index (χ3n) is 3.34. The van der Waals surface area contributed by atoms with Crippen molar-refractivity contribution in [2.24, 2.45) is 5.92 Å². The SMILES string of the molecule is CCC(C)C1(C)NC(=O)CN1CC. The monoisotopic (exact) mass is 184 g/mol. The number of rotatable bonds is 3. The minimum atomic E-state index is -0.124. The van der Waals surface area contributed by atoms with Crippen LogP contribution < -0.4 is 5.32 Å². The molecular formula is C10H20N2O. The molecule has 0 aromatic carbocycles. The van der Waals surface area contributed by atoms with Gasteiger partial charge in [0.1, 0.15) is 0 Å². The Labute approximate surface area is 80.5 Å². The maximum Gasteiger partial charge on any atom is 0.235 e. The van der Waals surface area contributed by atoms with E-state index in [1.807, 2.05) is 0 Å². The lowest BCUT2D eigenvalue weighted by Gasteiger charge is -2.38. The molecule has 0 aromatic rings. The summed E-state index contributed by atoms with van der Waals surface area (Å²) in [5.41, 5.74) is -0.124. The van der Waals surface area contributed by atoms with Crippen LogP contribution in [0.1, 0.15) is 34.1 Å². The first-order valence-corrected chi connectivity index (χ1v) is 5.10. The number of amides is 1. The molecule has 1 heterocycles. The Morgan fingerprint density at radius 1 is 1.62 bits per heavy atom. The first kappa shape index (κ1) is 10.5. The van der Waals surface area contributed by atoms with Crippen LogP contribution in [0.4, 0.5) is 0 Å². The van der Waals surface area contributed by atoms with Crippen LogP contribution in [0.2, 0.25) is 0 Å². The molecule has 0 aliphatic carbocycles. The van der Waals surface area contributed by atoms with Gasteiger partial charge in [-0.1, -0.05) is 27.2 Å². The van der Waals surface area contributed by atoms with Gasteiger partial charge in [-0.2, -0.15) is 0 Å². The molecule has 13 heavy (non-hydrogen) atoms. The summed E-state index contributed by atoms with van der Waals surface area (Å²) in [5.74, 6) is 0.656. The quantitative estimate of drug-likeness (QED) is 0.715. The number of nitrogens with one attached hydrogen (secondary N) is 1. The van der Waals surface area contributed by atoms with Gasteiger partial charge in [-0.15, -0.1) is 0 Å². The summed E-state index contributed by atoms with van der Waals surface area (Å²) in [7, 11) is 0. The highest BCUT2D eigenvalue weighted by Gasteiger charge is 2.42. The molecule has 1 fully saturated rings. The van der Waals surface area contributed by atoms with Crippen molar-refractivity contribution in [3.8, 4) is 0 Å². The molecule has 3 nitrogen and oxygen atoms in total. The molecule has 76 valence electrons. The van der Waals surface area contributed by atoms with Gasteiger partial charge in [0.25, 0.3) is 0 Å². The van der Waals surface area contributed by atoms with Crippen LogP contribution in [0.25, 0.3) is 0 Å². The Balaban J connectivity index is 2.80. The van der Waals surface area contributed by atoms with E-state index in [2.05, 4.69) is 37.9 Å². The van der Waals surface area contributed by atoms with Crippen molar-refractivity contribution in [2.45, 2.75) is 39.8 Å². The van der Waals surface area contributed by atoms with E-state index in [1.54, 1.807) is 0 Å². The molecular weight excluding hydrogens is 164 g/mol. The molecule has 1 aliphatic heterocycles. The first-order valence-electron chi connectivity index (χ1n) is 5.10. The lowest BCUT2D eigenvalue weighted by atomic mass is 9.93. The summed E-state index contributed by atoms with van der Waals surface area (Å²) in [6, 6.07) is 0. The molecule has 0 spiro atoms. The fourth-order valence-electron chi connectivity index (χ4n) is 2.01. The lowest BCUT2D eigenvalue weighted by molar-refractivity contribution is -0.119. The normalized spacial score (nSPS) is 31.8. The number of hydrogen-bond acceptors (Lipinski definition) is 2. The highest BCUT2D eigenvalue weighted by molar-refractivity contribution is 5.81. The van der Waals surface area contributed by atoms with Gasteiger partial charge in [0, 0.05) is 0 Å². The van der Waals surface area contributed by atoms with E-state index in [1.165, 1.54) is 0 Å². The van der Waals surface area contributed by atoms with Crippen molar-refractivity contribution < 1.29 is 4.79 Å². The van der Waals surface area contributed by atoms with E-state index in [0.29, 0.717) is 12.5 Å². The van der Waals surface area contributed by atoms with Crippen molar-refractivity contribution in [1.82, 2.24) is 10.2 Å². The topological polar surface area (TPSA) is 32.3 Å². The molecule has 0 saturated carbocycles. The van der Waals surface area contributed by atoms with E-state index in [-0.39, 0.29) is 11.6 Å². The first-order chi connectivity index (χ1) is 6.04. The molecule has 0 bridgehead atoms. The lowest BCUT2D eigenvalue weighted by Crippen LogP contribution is -2.53. The van der Waals surface area contributed by atoms with Crippen LogP contribution in [0.3, 0.4) is 0 Å². The summed E-state index contributed by atoms with van der Waals surface area (Å²) >= 11 is 0. The third-order valence-corrected chi connectivity index (χ3v) is 3.34. The van der Waals surface area contributed by atoms with Crippen molar-refractivity contribution >= 4 is 5.91 Å². The van der Waals surface area contributed by atoms with Gasteiger partial charge >= 0.3 is 0 Å². The average Bonchev–Trinajstić information content (AvgIpc) is 2.40. The van der Waals surface area contributed by atoms with E-state index >= 15 is 0 Å². The number of carbonyl (C=O) groups excluding carboxylic acids is 1. The van der Waals surface area contributed by atoms with Crippen LogP contribution in [-0.4, -0.2) is 29.6 Å². The van der Waals surface area contributed by atoms with Crippen molar-refractivity contribution in [1.29, 1.82) is 0 Å². The van der Waals surface area contributed by atoms with E-state index < -0.39 is 0 Å². The van der Waals surface area contributed by atoms with Crippen molar-refractivity contribution in [3.63, 3.8) is 0 Å². The standard InChI is InChI=1S/C10H20N2O/c1-5-8(3)10(4)11-9(13)7-12(10)6-2/h8H,5-7H2,1-4H3,(H,11,13). The number of nitrogens with zero attached hydrogens (tertiary/aromatic N) is 1. The van der Waals surface area contributed by atoms with E-state index in [4.69, 9.17) is 0 Å². The van der Waals surface area contributed by atoms with Gasteiger partial charge in [0.15, 0.2) is 0 Å². The Hall–Kier alpha value is -0.570. The minimum absolute atomic E-state index is 0.124. The highest BCUT2D eigenvalue weighted by atomic mass is 16.2. The largest absolute Gasteiger partial charge is 0.337 e. The van der Waals surface area contributed by atoms with Gasteiger partial charge in [-0.05, 0) is 19.4 Å². The number of hydrogen-bond donors (Lipinski definition) is 1. The molecule has 2 unspecified atom stereocenters. The summed E-state index contributed by atoms with van der Waals surface area (Å²) in [4.78, 5) is 13.5. The predicted molar refractivity (Wildman–Crippen MR) is 53.2 cm³/mol. The molecule has 1 N–H and O–H groups in total. The van der Waals surface area contributed by atoms with Crippen LogP contribution in [0.15, 0.2) is 0 Å². The molecule has 1 rings (SSSR count). The van der Waals surface area contributed by atoms with Gasteiger partial charge < -0.3 is 5.32 Å². The summed E-state index contributed by atoms with van der Waals surface area (Å²) in [6.45, 7) is 10.1. The maximum absolute atomic E-state index is 11.3. The molecule has 2 atom stereocenters. The van der Waals surface area contributed by atoms with Crippen LogP contribution in [0, 0.1) is 5.92 Å². The molecule has 0 aromatic heterocycles. The molecule has 1 saturated heterocycles. The molecule has 1 amide bonds. The minimum Gasteiger partial charge on any atom is -0.337 e.